The Hall–Kier alpha value is -2.38. The van der Waals surface area contributed by atoms with Gasteiger partial charge in [0.15, 0.2) is 11.5 Å². The second-order valence-electron chi connectivity index (χ2n) is 4.60. The molecular weight excluding hydrogens is 246 g/mol. The van der Waals surface area contributed by atoms with Crippen LogP contribution in [0, 0.1) is 0 Å². The van der Waals surface area contributed by atoms with Gasteiger partial charge in [0.05, 0.1) is 17.9 Å². The summed E-state index contributed by atoms with van der Waals surface area (Å²) in [5.41, 5.74) is 7.27. The summed E-state index contributed by atoms with van der Waals surface area (Å²) in [6.45, 7) is 4.23. The molecule has 0 atom stereocenters. The van der Waals surface area contributed by atoms with Gasteiger partial charge in [0.1, 0.15) is 6.33 Å². The van der Waals surface area contributed by atoms with E-state index < -0.39 is 0 Å². The maximum absolute atomic E-state index is 12.0. The van der Waals surface area contributed by atoms with Gasteiger partial charge in [-0.15, -0.1) is 10.2 Å². The number of amides is 1. The van der Waals surface area contributed by atoms with E-state index in [1.807, 2.05) is 13.8 Å². The van der Waals surface area contributed by atoms with Crippen LogP contribution >= 0.6 is 0 Å². The molecule has 4 N–H and O–H groups in total. The quantitative estimate of drug-likeness (QED) is 0.727. The summed E-state index contributed by atoms with van der Waals surface area (Å²) in [6, 6.07) is 0. The van der Waals surface area contributed by atoms with Crippen molar-refractivity contribution in [3.8, 4) is 0 Å². The van der Waals surface area contributed by atoms with Gasteiger partial charge in [-0.05, 0) is 5.92 Å². The van der Waals surface area contributed by atoms with E-state index in [0.29, 0.717) is 11.5 Å². The number of rotatable bonds is 4. The summed E-state index contributed by atoms with van der Waals surface area (Å²) in [4.78, 5) is 12.0. The molecule has 0 bridgehead atoms. The Morgan fingerprint density at radius 1 is 1.58 bits per heavy atom. The third-order valence-electron chi connectivity index (χ3n) is 2.84. The summed E-state index contributed by atoms with van der Waals surface area (Å²) in [5.74, 6) is 0.517. The van der Waals surface area contributed by atoms with Gasteiger partial charge < -0.3 is 15.6 Å². The number of aromatic amines is 1. The van der Waals surface area contributed by atoms with Crippen LogP contribution in [0.1, 0.15) is 41.8 Å². The summed E-state index contributed by atoms with van der Waals surface area (Å²) < 4.78 is 1.73. The minimum atomic E-state index is -0.330. The summed E-state index contributed by atoms with van der Waals surface area (Å²) in [6.07, 6.45) is 1.57. The second kappa shape index (κ2) is 5.09. The standard InChI is InChI=1S/C11H17N7O/c1-6(2)9-8(12)10(17-16-9)11(19)13-4-7-15-14-5-18(7)3/h5-6H,4,12H2,1-3H3,(H,13,19)(H,16,17). The first kappa shape index (κ1) is 13.1. The van der Waals surface area contributed by atoms with Gasteiger partial charge in [-0.3, -0.25) is 9.89 Å². The molecule has 19 heavy (non-hydrogen) atoms. The van der Waals surface area contributed by atoms with Crippen LogP contribution in [0.4, 0.5) is 5.69 Å². The molecule has 0 aliphatic rings. The van der Waals surface area contributed by atoms with Gasteiger partial charge in [0.25, 0.3) is 5.91 Å². The molecule has 8 heteroatoms. The maximum Gasteiger partial charge on any atom is 0.274 e. The smallest absolute Gasteiger partial charge is 0.274 e. The molecule has 0 aromatic carbocycles. The summed E-state index contributed by atoms with van der Waals surface area (Å²) in [7, 11) is 1.81. The molecule has 2 heterocycles. The van der Waals surface area contributed by atoms with E-state index in [-0.39, 0.29) is 24.1 Å². The first-order valence-corrected chi connectivity index (χ1v) is 5.95. The highest BCUT2D eigenvalue weighted by Gasteiger charge is 2.18. The van der Waals surface area contributed by atoms with Gasteiger partial charge in [0, 0.05) is 7.05 Å². The SMILES string of the molecule is CC(C)c1[nH]nc(C(=O)NCc2nncn2C)c1N. The Labute approximate surface area is 110 Å². The molecule has 0 aliphatic heterocycles. The third kappa shape index (κ3) is 2.56. The number of H-pyrrole nitrogens is 1. The number of carbonyl (C=O) groups is 1. The normalized spacial score (nSPS) is 10.9. The zero-order chi connectivity index (χ0) is 14.0. The fraction of sp³-hybridized carbons (Fsp3) is 0.455. The lowest BCUT2D eigenvalue weighted by Gasteiger charge is -2.04. The Morgan fingerprint density at radius 2 is 2.32 bits per heavy atom. The molecule has 102 valence electrons. The lowest BCUT2D eigenvalue weighted by molar-refractivity contribution is 0.0945. The molecule has 0 fully saturated rings. The van der Waals surface area contributed by atoms with Crippen LogP contribution in [0.2, 0.25) is 0 Å². The molecule has 0 aliphatic carbocycles. The van der Waals surface area contributed by atoms with Crippen LogP contribution < -0.4 is 11.1 Å². The number of aryl methyl sites for hydroxylation is 1. The van der Waals surface area contributed by atoms with Crippen LogP contribution in [0.25, 0.3) is 0 Å². The molecule has 8 nitrogen and oxygen atoms in total. The van der Waals surface area contributed by atoms with E-state index in [4.69, 9.17) is 5.73 Å². The Kier molecular flexibility index (Phi) is 3.50. The van der Waals surface area contributed by atoms with Crippen molar-refractivity contribution >= 4 is 11.6 Å². The third-order valence-corrected chi connectivity index (χ3v) is 2.84. The highest BCUT2D eigenvalue weighted by Crippen LogP contribution is 2.21. The van der Waals surface area contributed by atoms with Crippen molar-refractivity contribution in [3.05, 3.63) is 23.5 Å². The van der Waals surface area contributed by atoms with Gasteiger partial charge in [-0.1, -0.05) is 13.8 Å². The number of aromatic nitrogens is 5. The Morgan fingerprint density at radius 3 is 2.84 bits per heavy atom. The van der Waals surface area contributed by atoms with Gasteiger partial charge in [-0.2, -0.15) is 5.10 Å². The average molecular weight is 263 g/mol. The van der Waals surface area contributed by atoms with Crippen molar-refractivity contribution in [2.45, 2.75) is 26.3 Å². The van der Waals surface area contributed by atoms with Crippen molar-refractivity contribution in [3.63, 3.8) is 0 Å². The minimum absolute atomic E-state index is 0.188. The number of nitrogens with one attached hydrogen (secondary N) is 2. The van der Waals surface area contributed by atoms with Crippen molar-refractivity contribution in [1.29, 1.82) is 0 Å². The number of hydrogen-bond donors (Lipinski definition) is 3. The molecule has 2 aromatic rings. The molecule has 2 aromatic heterocycles. The van der Waals surface area contributed by atoms with Crippen molar-refractivity contribution in [1.82, 2.24) is 30.3 Å². The number of nitrogens with two attached hydrogens (primary N) is 1. The molecule has 0 saturated carbocycles. The van der Waals surface area contributed by atoms with Crippen LogP contribution in [0.5, 0.6) is 0 Å². The molecule has 1 amide bonds. The Balaban J connectivity index is 2.06. The number of nitrogens with zero attached hydrogens (tertiary/aromatic N) is 4. The van der Waals surface area contributed by atoms with Crippen LogP contribution in [-0.2, 0) is 13.6 Å². The second-order valence-corrected chi connectivity index (χ2v) is 4.60. The van der Waals surface area contributed by atoms with E-state index >= 15 is 0 Å². The number of anilines is 1. The topological polar surface area (TPSA) is 115 Å². The molecule has 0 saturated heterocycles. The number of nitrogen functional groups attached to an aromatic ring is 1. The average Bonchev–Trinajstić information content (AvgIpc) is 2.92. The predicted octanol–water partition coefficient (Wildman–Crippen LogP) is 0.174. The highest BCUT2D eigenvalue weighted by atomic mass is 16.2. The minimum Gasteiger partial charge on any atom is -0.395 e. The van der Waals surface area contributed by atoms with Crippen LogP contribution in [-0.4, -0.2) is 30.9 Å². The fourth-order valence-corrected chi connectivity index (χ4v) is 1.69. The molecule has 0 unspecified atom stereocenters. The van der Waals surface area contributed by atoms with E-state index in [1.165, 1.54) is 0 Å². The van der Waals surface area contributed by atoms with Crippen molar-refractivity contribution < 1.29 is 4.79 Å². The molecule has 2 rings (SSSR count). The first-order chi connectivity index (χ1) is 9.00. The lowest BCUT2D eigenvalue weighted by Crippen LogP contribution is -2.25. The van der Waals surface area contributed by atoms with Gasteiger partial charge in [0.2, 0.25) is 0 Å². The van der Waals surface area contributed by atoms with Crippen LogP contribution in [0.3, 0.4) is 0 Å². The zero-order valence-electron chi connectivity index (χ0n) is 11.1. The monoisotopic (exact) mass is 263 g/mol. The largest absolute Gasteiger partial charge is 0.395 e. The predicted molar refractivity (Wildman–Crippen MR) is 69.3 cm³/mol. The summed E-state index contributed by atoms with van der Waals surface area (Å²) >= 11 is 0. The fourth-order valence-electron chi connectivity index (χ4n) is 1.69. The zero-order valence-corrected chi connectivity index (χ0v) is 11.1. The first-order valence-electron chi connectivity index (χ1n) is 5.95. The van der Waals surface area contributed by atoms with Crippen molar-refractivity contribution in [2.24, 2.45) is 7.05 Å². The van der Waals surface area contributed by atoms with Gasteiger partial charge in [-0.25, -0.2) is 0 Å². The highest BCUT2D eigenvalue weighted by molar-refractivity contribution is 5.97. The van der Waals surface area contributed by atoms with E-state index in [2.05, 4.69) is 25.7 Å². The van der Waals surface area contributed by atoms with Gasteiger partial charge >= 0.3 is 0 Å². The number of carbonyl (C=O) groups excluding carboxylic acids is 1. The Bertz CT molecular complexity index is 584. The maximum atomic E-state index is 12.0. The lowest BCUT2D eigenvalue weighted by atomic mass is 10.1. The summed E-state index contributed by atoms with van der Waals surface area (Å²) in [5, 5.41) is 17.1. The number of hydrogen-bond acceptors (Lipinski definition) is 5. The molecule has 0 radical (unpaired) electrons. The molecular formula is C11H17N7O. The van der Waals surface area contributed by atoms with E-state index in [1.54, 1.807) is 17.9 Å². The van der Waals surface area contributed by atoms with E-state index in [0.717, 1.165) is 5.69 Å². The van der Waals surface area contributed by atoms with Crippen molar-refractivity contribution in [2.75, 3.05) is 5.73 Å². The van der Waals surface area contributed by atoms with Crippen LogP contribution in [0.15, 0.2) is 6.33 Å². The van der Waals surface area contributed by atoms with E-state index in [9.17, 15) is 4.79 Å². The molecule has 0 spiro atoms.